The molecule has 92 valence electrons. The van der Waals surface area contributed by atoms with E-state index in [0.717, 1.165) is 30.5 Å². The fourth-order valence-corrected chi connectivity index (χ4v) is 2.17. The topological polar surface area (TPSA) is 49.8 Å². The van der Waals surface area contributed by atoms with Crippen molar-refractivity contribution in [1.82, 2.24) is 14.7 Å². The molecule has 0 amide bonds. The molecule has 0 aliphatic rings. The SMILES string of the molecule is CCc1nsc(NCCNC(CC)CC)n1. The third-order valence-electron chi connectivity index (χ3n) is 2.60. The van der Waals surface area contributed by atoms with Crippen molar-refractivity contribution in [3.05, 3.63) is 5.82 Å². The quantitative estimate of drug-likeness (QED) is 0.687. The van der Waals surface area contributed by atoms with Crippen molar-refractivity contribution >= 4 is 16.7 Å². The Bertz CT molecular complexity index is 283. The summed E-state index contributed by atoms with van der Waals surface area (Å²) in [4.78, 5) is 4.35. The molecule has 4 nitrogen and oxygen atoms in total. The van der Waals surface area contributed by atoms with Gasteiger partial charge >= 0.3 is 0 Å². The van der Waals surface area contributed by atoms with Crippen LogP contribution in [0.4, 0.5) is 5.13 Å². The van der Waals surface area contributed by atoms with Crippen LogP contribution in [0.3, 0.4) is 0 Å². The first-order chi connectivity index (χ1) is 7.80. The first-order valence-corrected chi connectivity index (χ1v) is 6.87. The highest BCUT2D eigenvalue weighted by Gasteiger charge is 2.02. The number of aromatic nitrogens is 2. The van der Waals surface area contributed by atoms with Crippen molar-refractivity contribution in [1.29, 1.82) is 0 Å². The molecule has 0 fully saturated rings. The van der Waals surface area contributed by atoms with Gasteiger partial charge in [-0.05, 0) is 12.8 Å². The molecule has 0 atom stereocenters. The molecule has 0 radical (unpaired) electrons. The van der Waals surface area contributed by atoms with Crippen LogP contribution < -0.4 is 10.6 Å². The van der Waals surface area contributed by atoms with Crippen molar-refractivity contribution in [2.75, 3.05) is 18.4 Å². The van der Waals surface area contributed by atoms with Crippen LogP contribution in [0.15, 0.2) is 0 Å². The van der Waals surface area contributed by atoms with Crippen molar-refractivity contribution in [2.24, 2.45) is 0 Å². The molecule has 1 aromatic rings. The van der Waals surface area contributed by atoms with Gasteiger partial charge < -0.3 is 10.6 Å². The number of aryl methyl sites for hydroxylation is 1. The largest absolute Gasteiger partial charge is 0.359 e. The molecule has 0 bridgehead atoms. The summed E-state index contributed by atoms with van der Waals surface area (Å²) in [5.74, 6) is 0.931. The molecule has 0 unspecified atom stereocenters. The summed E-state index contributed by atoms with van der Waals surface area (Å²) >= 11 is 1.44. The van der Waals surface area contributed by atoms with Crippen LogP contribution in [0.25, 0.3) is 0 Å². The molecule has 0 saturated carbocycles. The van der Waals surface area contributed by atoms with Crippen LogP contribution in [-0.4, -0.2) is 28.5 Å². The van der Waals surface area contributed by atoms with E-state index in [9.17, 15) is 0 Å². The van der Waals surface area contributed by atoms with Crippen molar-refractivity contribution in [3.63, 3.8) is 0 Å². The molecule has 0 saturated heterocycles. The van der Waals surface area contributed by atoms with E-state index in [4.69, 9.17) is 0 Å². The zero-order valence-corrected chi connectivity index (χ0v) is 11.2. The fourth-order valence-electron chi connectivity index (χ4n) is 1.49. The van der Waals surface area contributed by atoms with Gasteiger partial charge in [0.15, 0.2) is 0 Å². The van der Waals surface area contributed by atoms with E-state index in [1.54, 1.807) is 0 Å². The number of rotatable bonds is 8. The second kappa shape index (κ2) is 7.57. The van der Waals surface area contributed by atoms with E-state index in [1.807, 2.05) is 0 Å². The van der Waals surface area contributed by atoms with Gasteiger partial charge in [-0.15, -0.1) is 0 Å². The molecule has 0 aliphatic carbocycles. The molecular weight excluding hydrogens is 220 g/mol. The summed E-state index contributed by atoms with van der Waals surface area (Å²) in [6.07, 6.45) is 3.29. The Morgan fingerprint density at radius 1 is 1.19 bits per heavy atom. The Labute approximate surface area is 102 Å². The summed E-state index contributed by atoms with van der Waals surface area (Å²) in [6, 6.07) is 0.641. The summed E-state index contributed by atoms with van der Waals surface area (Å²) in [7, 11) is 0. The van der Waals surface area contributed by atoms with Gasteiger partial charge in [-0.25, -0.2) is 4.98 Å². The van der Waals surface area contributed by atoms with Crippen LogP contribution in [0.5, 0.6) is 0 Å². The molecule has 1 heterocycles. The number of nitrogens with one attached hydrogen (secondary N) is 2. The van der Waals surface area contributed by atoms with Crippen LogP contribution in [0, 0.1) is 0 Å². The molecule has 16 heavy (non-hydrogen) atoms. The average Bonchev–Trinajstić information content (AvgIpc) is 2.77. The van der Waals surface area contributed by atoms with E-state index >= 15 is 0 Å². The minimum atomic E-state index is 0.641. The van der Waals surface area contributed by atoms with Crippen LogP contribution in [0.2, 0.25) is 0 Å². The molecule has 0 aliphatic heterocycles. The highest BCUT2D eigenvalue weighted by atomic mass is 32.1. The molecule has 5 heteroatoms. The van der Waals surface area contributed by atoms with Crippen LogP contribution >= 0.6 is 11.5 Å². The van der Waals surface area contributed by atoms with Crippen molar-refractivity contribution < 1.29 is 0 Å². The minimum absolute atomic E-state index is 0.641. The highest BCUT2D eigenvalue weighted by Crippen LogP contribution is 2.10. The predicted octanol–water partition coefficient (Wildman–Crippen LogP) is 2.29. The molecule has 2 N–H and O–H groups in total. The van der Waals surface area contributed by atoms with E-state index in [-0.39, 0.29) is 0 Å². The zero-order valence-electron chi connectivity index (χ0n) is 10.4. The molecule has 1 rings (SSSR count). The fraction of sp³-hybridized carbons (Fsp3) is 0.818. The van der Waals surface area contributed by atoms with Gasteiger partial charge in [0.2, 0.25) is 5.13 Å². The van der Waals surface area contributed by atoms with Gasteiger partial charge in [0.05, 0.1) is 0 Å². The average molecular weight is 242 g/mol. The normalized spacial score (nSPS) is 11.0. The Morgan fingerprint density at radius 2 is 1.94 bits per heavy atom. The maximum Gasteiger partial charge on any atom is 0.202 e. The van der Waals surface area contributed by atoms with Gasteiger partial charge in [0.25, 0.3) is 0 Å². The lowest BCUT2D eigenvalue weighted by atomic mass is 10.2. The molecule has 0 aromatic carbocycles. The lowest BCUT2D eigenvalue weighted by Gasteiger charge is -2.14. The summed E-state index contributed by atoms with van der Waals surface area (Å²) in [5.41, 5.74) is 0. The third kappa shape index (κ3) is 4.45. The van der Waals surface area contributed by atoms with Gasteiger partial charge in [0, 0.05) is 37.1 Å². The number of hydrogen-bond donors (Lipinski definition) is 2. The monoisotopic (exact) mass is 242 g/mol. The minimum Gasteiger partial charge on any atom is -0.359 e. The number of hydrogen-bond acceptors (Lipinski definition) is 5. The summed E-state index contributed by atoms with van der Waals surface area (Å²) in [5, 5.41) is 7.72. The smallest absolute Gasteiger partial charge is 0.202 e. The lowest BCUT2D eigenvalue weighted by molar-refractivity contribution is 0.494. The first-order valence-electron chi connectivity index (χ1n) is 6.09. The lowest BCUT2D eigenvalue weighted by Crippen LogP contribution is -2.31. The van der Waals surface area contributed by atoms with E-state index < -0.39 is 0 Å². The van der Waals surface area contributed by atoms with Crippen LogP contribution in [0.1, 0.15) is 39.4 Å². The van der Waals surface area contributed by atoms with Crippen LogP contribution in [-0.2, 0) is 6.42 Å². The molecular formula is C11H22N4S. The van der Waals surface area contributed by atoms with Gasteiger partial charge in [-0.3, -0.25) is 0 Å². The second-order valence-corrected chi connectivity index (χ2v) is 4.52. The first kappa shape index (κ1) is 13.4. The number of nitrogens with zero attached hydrogens (tertiary/aromatic N) is 2. The second-order valence-electron chi connectivity index (χ2n) is 3.76. The van der Waals surface area contributed by atoms with Gasteiger partial charge in [-0.1, -0.05) is 20.8 Å². The molecule has 0 spiro atoms. The maximum absolute atomic E-state index is 4.35. The van der Waals surface area contributed by atoms with Crippen molar-refractivity contribution in [2.45, 2.75) is 46.1 Å². The zero-order chi connectivity index (χ0) is 11.8. The predicted molar refractivity (Wildman–Crippen MR) is 70.1 cm³/mol. The number of anilines is 1. The van der Waals surface area contributed by atoms with Gasteiger partial charge in [0.1, 0.15) is 5.82 Å². The summed E-state index contributed by atoms with van der Waals surface area (Å²) in [6.45, 7) is 8.39. The highest BCUT2D eigenvalue weighted by molar-refractivity contribution is 7.09. The van der Waals surface area contributed by atoms with E-state index in [0.29, 0.717) is 6.04 Å². The standard InChI is InChI=1S/C11H22N4S/c1-4-9(5-2)12-7-8-13-11-14-10(6-3)15-16-11/h9,12H,4-8H2,1-3H3,(H,13,14,15). The molecule has 1 aromatic heterocycles. The summed E-state index contributed by atoms with van der Waals surface area (Å²) < 4.78 is 4.23. The van der Waals surface area contributed by atoms with E-state index in [1.165, 1.54) is 24.4 Å². The Hall–Kier alpha value is -0.680. The van der Waals surface area contributed by atoms with E-state index in [2.05, 4.69) is 40.8 Å². The van der Waals surface area contributed by atoms with Gasteiger partial charge in [-0.2, -0.15) is 4.37 Å². The third-order valence-corrected chi connectivity index (χ3v) is 3.31. The maximum atomic E-state index is 4.35. The van der Waals surface area contributed by atoms with Crippen molar-refractivity contribution in [3.8, 4) is 0 Å². The Balaban J connectivity index is 2.15. The Morgan fingerprint density at radius 3 is 2.50 bits per heavy atom. The Kier molecular flexibility index (Phi) is 6.33.